The molecule has 0 bridgehead atoms. The number of benzene rings is 2. The molecule has 0 unspecified atom stereocenters. The number of para-hydroxylation sites is 1. The number of likely N-dealkylation sites (tertiary alicyclic amines) is 1. The molecular weight excluding hydrogens is 418 g/mol. The first-order chi connectivity index (χ1) is 15.5. The molecule has 0 spiro atoms. The number of thiazole rings is 1. The topological polar surface area (TPSA) is 54.5 Å². The van der Waals surface area contributed by atoms with Gasteiger partial charge in [0.25, 0.3) is 0 Å². The molecule has 5 nitrogen and oxygen atoms in total. The molecule has 4 rings (SSSR count). The minimum Gasteiger partial charge on any atom is -0.493 e. The molecule has 1 aliphatic rings. The van der Waals surface area contributed by atoms with Crippen LogP contribution < -0.4 is 10.1 Å². The van der Waals surface area contributed by atoms with E-state index in [9.17, 15) is 4.79 Å². The van der Waals surface area contributed by atoms with E-state index in [-0.39, 0.29) is 5.91 Å². The fourth-order valence-electron chi connectivity index (χ4n) is 4.21. The van der Waals surface area contributed by atoms with Crippen molar-refractivity contribution in [2.45, 2.75) is 53.0 Å². The third-order valence-electron chi connectivity index (χ3n) is 6.18. The van der Waals surface area contributed by atoms with E-state index < -0.39 is 0 Å². The molecule has 1 N–H and O–H groups in total. The van der Waals surface area contributed by atoms with Gasteiger partial charge in [0.2, 0.25) is 5.91 Å². The minimum absolute atomic E-state index is 0.0168. The molecule has 32 heavy (non-hydrogen) atoms. The first-order valence-corrected chi connectivity index (χ1v) is 12.4. The fraction of sp³-hybridized carbons (Fsp3) is 0.462. The van der Waals surface area contributed by atoms with Crippen molar-refractivity contribution in [3.63, 3.8) is 0 Å². The van der Waals surface area contributed by atoms with Crippen LogP contribution in [0.2, 0.25) is 0 Å². The summed E-state index contributed by atoms with van der Waals surface area (Å²) in [5.41, 5.74) is 4.51. The van der Waals surface area contributed by atoms with E-state index in [1.54, 1.807) is 11.3 Å². The number of ether oxygens (including phenoxy) is 1. The molecular formula is C26H33N3O2S. The Labute approximate surface area is 194 Å². The van der Waals surface area contributed by atoms with Gasteiger partial charge in [-0.2, -0.15) is 0 Å². The summed E-state index contributed by atoms with van der Waals surface area (Å²) in [6.45, 7) is 10.3. The molecule has 170 valence electrons. The monoisotopic (exact) mass is 451 g/mol. The molecule has 2 heterocycles. The summed E-state index contributed by atoms with van der Waals surface area (Å²) >= 11 is 1.55. The van der Waals surface area contributed by atoms with Gasteiger partial charge in [0, 0.05) is 13.0 Å². The zero-order valence-corrected chi connectivity index (χ0v) is 20.1. The van der Waals surface area contributed by atoms with Crippen LogP contribution >= 0.6 is 11.3 Å². The summed E-state index contributed by atoms with van der Waals surface area (Å²) < 4.78 is 7.03. The Morgan fingerprint density at radius 3 is 2.69 bits per heavy atom. The summed E-state index contributed by atoms with van der Waals surface area (Å²) in [5, 5.41) is 3.63. The van der Waals surface area contributed by atoms with Gasteiger partial charge in [-0.3, -0.25) is 9.69 Å². The molecule has 1 amide bonds. The summed E-state index contributed by atoms with van der Waals surface area (Å²) in [6.07, 6.45) is 3.66. The van der Waals surface area contributed by atoms with Gasteiger partial charge in [0.1, 0.15) is 5.75 Å². The second kappa shape index (κ2) is 10.5. The number of amides is 1. The number of carbonyl (C=O) groups excluding carboxylic acids is 1. The summed E-state index contributed by atoms with van der Waals surface area (Å²) in [4.78, 5) is 19.5. The summed E-state index contributed by atoms with van der Waals surface area (Å²) in [6, 6.07) is 12.6. The van der Waals surface area contributed by atoms with Crippen LogP contribution in [0, 0.1) is 19.8 Å². The van der Waals surface area contributed by atoms with Gasteiger partial charge in [-0.1, -0.05) is 42.5 Å². The Bertz CT molecular complexity index is 1050. The van der Waals surface area contributed by atoms with Crippen molar-refractivity contribution in [1.29, 1.82) is 0 Å². The predicted molar refractivity (Wildman–Crippen MR) is 133 cm³/mol. The number of rotatable bonds is 8. The van der Waals surface area contributed by atoms with Gasteiger partial charge in [0.15, 0.2) is 5.13 Å². The van der Waals surface area contributed by atoms with E-state index in [4.69, 9.17) is 4.74 Å². The van der Waals surface area contributed by atoms with Gasteiger partial charge in [-0.05, 0) is 80.9 Å². The number of hydrogen-bond donors (Lipinski definition) is 1. The standard InChI is InChI=1S/C26H33N3O2S/c1-18-11-13-29(14-12-18)17-21-9-10-22-23(16-21)32-26(27-22)28-24(30)8-5-15-31-25-19(2)6-4-7-20(25)3/h4,6-7,9-10,16,18H,5,8,11-15,17H2,1-3H3,(H,27,28,30). The maximum absolute atomic E-state index is 12.4. The maximum Gasteiger partial charge on any atom is 0.226 e. The highest BCUT2D eigenvalue weighted by Crippen LogP contribution is 2.28. The number of nitrogens with one attached hydrogen (secondary N) is 1. The van der Waals surface area contributed by atoms with Gasteiger partial charge < -0.3 is 10.1 Å². The normalized spacial score (nSPS) is 15.2. The third kappa shape index (κ3) is 5.87. The highest BCUT2D eigenvalue weighted by molar-refractivity contribution is 7.22. The lowest BCUT2D eigenvalue weighted by Gasteiger charge is -2.30. The van der Waals surface area contributed by atoms with E-state index >= 15 is 0 Å². The first-order valence-electron chi connectivity index (χ1n) is 11.6. The van der Waals surface area contributed by atoms with Crippen molar-refractivity contribution in [3.05, 3.63) is 53.1 Å². The highest BCUT2D eigenvalue weighted by Gasteiger charge is 2.16. The molecule has 0 atom stereocenters. The van der Waals surface area contributed by atoms with Crippen LogP contribution in [-0.2, 0) is 11.3 Å². The second-order valence-electron chi connectivity index (χ2n) is 9.00. The van der Waals surface area contributed by atoms with Crippen LogP contribution in [0.4, 0.5) is 5.13 Å². The fourth-order valence-corrected chi connectivity index (χ4v) is 5.16. The second-order valence-corrected chi connectivity index (χ2v) is 10.0. The molecule has 1 aliphatic heterocycles. The first kappa shape index (κ1) is 22.7. The lowest BCUT2D eigenvalue weighted by Crippen LogP contribution is -2.32. The van der Waals surface area contributed by atoms with Crippen molar-refractivity contribution in [3.8, 4) is 5.75 Å². The third-order valence-corrected chi connectivity index (χ3v) is 7.12. The number of carbonyl (C=O) groups is 1. The van der Waals surface area contributed by atoms with E-state index in [1.165, 1.54) is 31.5 Å². The molecule has 0 radical (unpaired) electrons. The number of nitrogens with zero attached hydrogens (tertiary/aromatic N) is 2. The Hall–Kier alpha value is -2.44. The van der Waals surface area contributed by atoms with Crippen LogP contribution in [0.15, 0.2) is 36.4 Å². The van der Waals surface area contributed by atoms with Crippen LogP contribution in [0.5, 0.6) is 5.75 Å². The summed E-state index contributed by atoms with van der Waals surface area (Å²) in [5.74, 6) is 1.75. The van der Waals surface area contributed by atoms with Crippen molar-refractivity contribution < 1.29 is 9.53 Å². The van der Waals surface area contributed by atoms with Crippen LogP contribution in [0.1, 0.15) is 49.3 Å². The molecule has 0 saturated carbocycles. The molecule has 1 fully saturated rings. The van der Waals surface area contributed by atoms with Crippen LogP contribution in [0.25, 0.3) is 10.2 Å². The van der Waals surface area contributed by atoms with Crippen molar-refractivity contribution in [1.82, 2.24) is 9.88 Å². The van der Waals surface area contributed by atoms with Gasteiger partial charge >= 0.3 is 0 Å². The Morgan fingerprint density at radius 2 is 1.94 bits per heavy atom. The molecule has 3 aromatic rings. The van der Waals surface area contributed by atoms with E-state index in [1.807, 2.05) is 32.0 Å². The SMILES string of the molecule is Cc1cccc(C)c1OCCCC(=O)Nc1nc2ccc(CN3CCC(C)CC3)cc2s1. The number of aromatic nitrogens is 1. The molecule has 1 saturated heterocycles. The Morgan fingerprint density at radius 1 is 1.19 bits per heavy atom. The quantitative estimate of drug-likeness (QED) is 0.431. The zero-order chi connectivity index (χ0) is 22.5. The Kier molecular flexibility index (Phi) is 7.43. The highest BCUT2D eigenvalue weighted by atomic mass is 32.1. The number of fused-ring (bicyclic) bond motifs is 1. The van der Waals surface area contributed by atoms with E-state index in [2.05, 4.69) is 40.3 Å². The van der Waals surface area contributed by atoms with Crippen LogP contribution in [-0.4, -0.2) is 35.5 Å². The van der Waals surface area contributed by atoms with E-state index in [0.717, 1.165) is 39.6 Å². The predicted octanol–water partition coefficient (Wildman–Crippen LogP) is 5.94. The number of aryl methyl sites for hydroxylation is 2. The Balaban J connectivity index is 1.26. The lowest BCUT2D eigenvalue weighted by molar-refractivity contribution is -0.116. The average Bonchev–Trinajstić information content (AvgIpc) is 3.16. The van der Waals surface area contributed by atoms with Crippen LogP contribution in [0.3, 0.4) is 0 Å². The van der Waals surface area contributed by atoms with E-state index in [0.29, 0.717) is 24.6 Å². The van der Waals surface area contributed by atoms with Gasteiger partial charge in [0.05, 0.1) is 16.8 Å². The largest absolute Gasteiger partial charge is 0.493 e. The molecule has 2 aromatic carbocycles. The number of piperidine rings is 1. The van der Waals surface area contributed by atoms with Gasteiger partial charge in [-0.25, -0.2) is 4.98 Å². The average molecular weight is 452 g/mol. The van der Waals surface area contributed by atoms with Crippen molar-refractivity contribution >= 4 is 32.6 Å². The molecule has 1 aromatic heterocycles. The molecule has 0 aliphatic carbocycles. The smallest absolute Gasteiger partial charge is 0.226 e. The van der Waals surface area contributed by atoms with Gasteiger partial charge in [-0.15, -0.1) is 0 Å². The van der Waals surface area contributed by atoms with Crippen molar-refractivity contribution in [2.24, 2.45) is 5.92 Å². The summed E-state index contributed by atoms with van der Waals surface area (Å²) in [7, 11) is 0. The lowest BCUT2D eigenvalue weighted by atomic mass is 9.99. The number of anilines is 1. The zero-order valence-electron chi connectivity index (χ0n) is 19.3. The maximum atomic E-state index is 12.4. The molecule has 6 heteroatoms. The van der Waals surface area contributed by atoms with Crippen molar-refractivity contribution in [2.75, 3.05) is 25.0 Å². The minimum atomic E-state index is -0.0168. The number of hydrogen-bond acceptors (Lipinski definition) is 5.